The fourth-order valence-electron chi connectivity index (χ4n) is 1.66. The van der Waals surface area contributed by atoms with Crippen molar-refractivity contribution in [1.82, 2.24) is 4.90 Å². The Bertz CT molecular complexity index is 365. The van der Waals surface area contributed by atoms with Crippen molar-refractivity contribution in [2.75, 3.05) is 32.1 Å². The van der Waals surface area contributed by atoms with Crippen LogP contribution in [0.25, 0.3) is 0 Å². The Morgan fingerprint density at radius 1 is 1.28 bits per heavy atom. The predicted octanol–water partition coefficient (Wildman–Crippen LogP) is 2.41. The van der Waals surface area contributed by atoms with E-state index >= 15 is 0 Å². The van der Waals surface area contributed by atoms with Gasteiger partial charge in [-0.25, -0.2) is 0 Å². The molecule has 0 fully saturated rings. The van der Waals surface area contributed by atoms with Gasteiger partial charge in [0.25, 0.3) is 0 Å². The van der Waals surface area contributed by atoms with Crippen LogP contribution < -0.4 is 0 Å². The number of hydrogen-bond donors (Lipinski definition) is 0. The topological polar surface area (TPSA) is 29.5 Å². The summed E-state index contributed by atoms with van der Waals surface area (Å²) in [5.41, 5.74) is 2.27. The first kappa shape index (κ1) is 15.2. The van der Waals surface area contributed by atoms with Gasteiger partial charge in [-0.05, 0) is 12.5 Å². The molecule has 0 aliphatic rings. The average Bonchev–Trinajstić information content (AvgIpc) is 2.37. The van der Waals surface area contributed by atoms with E-state index in [1.165, 1.54) is 5.56 Å². The third kappa shape index (κ3) is 5.19. The lowest BCUT2D eigenvalue weighted by Gasteiger charge is -2.21. The normalized spacial score (nSPS) is 10.4. The minimum atomic E-state index is 0.148. The second-order valence-corrected chi connectivity index (χ2v) is 5.02. The number of carbonyl (C=O) groups is 1. The quantitative estimate of drug-likeness (QED) is 0.723. The van der Waals surface area contributed by atoms with Crippen molar-refractivity contribution in [3.8, 4) is 0 Å². The lowest BCUT2D eigenvalue weighted by molar-refractivity contribution is -0.130. The van der Waals surface area contributed by atoms with E-state index in [0.29, 0.717) is 26.1 Å². The lowest BCUT2D eigenvalue weighted by atomic mass is 10.1. The zero-order valence-electron chi connectivity index (χ0n) is 11.0. The Kier molecular flexibility index (Phi) is 6.98. The first-order valence-corrected chi connectivity index (χ1v) is 7.17. The van der Waals surface area contributed by atoms with Gasteiger partial charge in [0.2, 0.25) is 5.91 Å². The molecule has 0 spiro atoms. The molecular formula is C14H20BrNO2. The van der Waals surface area contributed by atoms with Gasteiger partial charge in [-0.1, -0.05) is 45.8 Å². The maximum Gasteiger partial charge on any atom is 0.227 e. The van der Waals surface area contributed by atoms with Gasteiger partial charge in [0.05, 0.1) is 13.0 Å². The van der Waals surface area contributed by atoms with Crippen LogP contribution in [0, 0.1) is 6.92 Å². The molecule has 1 amide bonds. The number of aryl methyl sites for hydroxylation is 1. The van der Waals surface area contributed by atoms with Gasteiger partial charge in [-0.2, -0.15) is 0 Å². The van der Waals surface area contributed by atoms with Crippen LogP contribution in [0.15, 0.2) is 24.3 Å². The smallest absolute Gasteiger partial charge is 0.227 e. The fraction of sp³-hybridized carbons (Fsp3) is 0.500. The molecule has 0 aromatic heterocycles. The van der Waals surface area contributed by atoms with Crippen LogP contribution in [0.5, 0.6) is 0 Å². The average molecular weight is 314 g/mol. The summed E-state index contributed by atoms with van der Waals surface area (Å²) in [6.07, 6.45) is 0.455. The fourth-order valence-corrected chi connectivity index (χ4v) is 2.09. The highest BCUT2D eigenvalue weighted by Crippen LogP contribution is 2.06. The van der Waals surface area contributed by atoms with E-state index < -0.39 is 0 Å². The molecule has 4 heteroatoms. The molecular weight excluding hydrogens is 294 g/mol. The van der Waals surface area contributed by atoms with Gasteiger partial charge < -0.3 is 9.64 Å². The van der Waals surface area contributed by atoms with Gasteiger partial charge in [-0.15, -0.1) is 0 Å². The minimum absolute atomic E-state index is 0.148. The van der Waals surface area contributed by atoms with Gasteiger partial charge in [0.1, 0.15) is 0 Å². The molecule has 0 heterocycles. The van der Waals surface area contributed by atoms with Gasteiger partial charge in [0, 0.05) is 25.5 Å². The molecule has 1 rings (SSSR count). The number of alkyl halides is 1. The second kappa shape index (κ2) is 8.27. The number of nitrogens with zero attached hydrogens (tertiary/aromatic N) is 1. The summed E-state index contributed by atoms with van der Waals surface area (Å²) in [5.74, 6) is 0.148. The van der Waals surface area contributed by atoms with Crippen molar-refractivity contribution in [1.29, 1.82) is 0 Å². The van der Waals surface area contributed by atoms with Crippen molar-refractivity contribution >= 4 is 21.8 Å². The second-order valence-electron chi connectivity index (χ2n) is 4.22. The number of amides is 1. The van der Waals surface area contributed by atoms with E-state index in [9.17, 15) is 4.79 Å². The molecule has 0 N–H and O–H groups in total. The summed E-state index contributed by atoms with van der Waals surface area (Å²) in [6.45, 7) is 3.98. The van der Waals surface area contributed by atoms with Crippen molar-refractivity contribution in [3.05, 3.63) is 35.4 Å². The van der Waals surface area contributed by atoms with Crippen molar-refractivity contribution in [2.45, 2.75) is 13.3 Å². The lowest BCUT2D eigenvalue weighted by Crippen LogP contribution is -2.36. The number of carbonyl (C=O) groups excluding carboxylic acids is 1. The van der Waals surface area contributed by atoms with Gasteiger partial charge in [0.15, 0.2) is 0 Å². The molecule has 0 saturated heterocycles. The molecule has 3 nitrogen and oxygen atoms in total. The molecule has 1 aromatic carbocycles. The summed E-state index contributed by atoms with van der Waals surface area (Å²) in [5, 5.41) is 0.788. The Hall–Kier alpha value is -0.870. The summed E-state index contributed by atoms with van der Waals surface area (Å²) < 4.78 is 5.03. The van der Waals surface area contributed by atoms with E-state index in [-0.39, 0.29) is 5.91 Å². The molecule has 18 heavy (non-hydrogen) atoms. The highest BCUT2D eigenvalue weighted by molar-refractivity contribution is 9.09. The van der Waals surface area contributed by atoms with Crippen molar-refractivity contribution in [3.63, 3.8) is 0 Å². The SMILES string of the molecule is COCCN(CCBr)C(=O)Cc1ccc(C)cc1. The Balaban J connectivity index is 2.57. The number of hydrogen-bond acceptors (Lipinski definition) is 2. The highest BCUT2D eigenvalue weighted by Gasteiger charge is 2.12. The molecule has 0 bridgehead atoms. The van der Waals surface area contributed by atoms with E-state index in [0.717, 1.165) is 10.9 Å². The van der Waals surface area contributed by atoms with Gasteiger partial charge in [-0.3, -0.25) is 4.79 Å². The van der Waals surface area contributed by atoms with E-state index in [4.69, 9.17) is 4.74 Å². The predicted molar refractivity (Wildman–Crippen MR) is 77.1 cm³/mol. The zero-order valence-corrected chi connectivity index (χ0v) is 12.6. The standard InChI is InChI=1S/C14H20BrNO2/c1-12-3-5-13(6-4-12)11-14(17)16(8-7-15)9-10-18-2/h3-6H,7-11H2,1-2H3. The largest absolute Gasteiger partial charge is 0.383 e. The number of benzene rings is 1. The first-order valence-electron chi connectivity index (χ1n) is 6.05. The highest BCUT2D eigenvalue weighted by atomic mass is 79.9. The molecule has 0 aliphatic heterocycles. The third-order valence-electron chi connectivity index (χ3n) is 2.75. The number of methoxy groups -OCH3 is 1. The Morgan fingerprint density at radius 2 is 1.94 bits per heavy atom. The molecule has 0 atom stereocenters. The summed E-state index contributed by atoms with van der Waals surface area (Å²) in [4.78, 5) is 14.0. The maximum absolute atomic E-state index is 12.1. The number of halogens is 1. The van der Waals surface area contributed by atoms with Crippen LogP contribution in [0.3, 0.4) is 0 Å². The van der Waals surface area contributed by atoms with Crippen LogP contribution in [0.4, 0.5) is 0 Å². The molecule has 0 saturated carbocycles. The molecule has 0 unspecified atom stereocenters. The number of ether oxygens (including phenoxy) is 1. The summed E-state index contributed by atoms with van der Waals surface area (Å²) >= 11 is 3.37. The maximum atomic E-state index is 12.1. The molecule has 1 aromatic rings. The van der Waals surface area contributed by atoms with Crippen LogP contribution >= 0.6 is 15.9 Å². The van der Waals surface area contributed by atoms with Crippen LogP contribution in [-0.4, -0.2) is 42.9 Å². The van der Waals surface area contributed by atoms with Crippen molar-refractivity contribution < 1.29 is 9.53 Å². The van der Waals surface area contributed by atoms with Crippen molar-refractivity contribution in [2.24, 2.45) is 0 Å². The molecule has 0 radical (unpaired) electrons. The van der Waals surface area contributed by atoms with E-state index in [1.807, 2.05) is 36.1 Å². The van der Waals surface area contributed by atoms with Crippen LogP contribution in [0.1, 0.15) is 11.1 Å². The Morgan fingerprint density at radius 3 is 2.50 bits per heavy atom. The first-order chi connectivity index (χ1) is 8.67. The third-order valence-corrected chi connectivity index (χ3v) is 3.10. The Labute approximate surface area is 117 Å². The molecule has 100 valence electrons. The van der Waals surface area contributed by atoms with Gasteiger partial charge >= 0.3 is 0 Å². The number of rotatable bonds is 7. The summed E-state index contributed by atoms with van der Waals surface area (Å²) in [7, 11) is 1.65. The van der Waals surface area contributed by atoms with E-state index in [2.05, 4.69) is 15.9 Å². The minimum Gasteiger partial charge on any atom is -0.383 e. The van der Waals surface area contributed by atoms with E-state index in [1.54, 1.807) is 7.11 Å². The monoisotopic (exact) mass is 313 g/mol. The van der Waals surface area contributed by atoms with Crippen LogP contribution in [0.2, 0.25) is 0 Å². The molecule has 0 aliphatic carbocycles. The zero-order chi connectivity index (χ0) is 13.4. The summed E-state index contributed by atoms with van der Waals surface area (Å²) in [6, 6.07) is 8.09. The van der Waals surface area contributed by atoms with Crippen LogP contribution in [-0.2, 0) is 16.0 Å².